The predicted molar refractivity (Wildman–Crippen MR) is 82.9 cm³/mol. The standard InChI is InChI=1S/C17H24F3NO2/c1-2-3-4-5-6-7-8-13-9-10-14(12-23-16(21)22)15(11-13)17(18,19)20/h9-11H,2-8,12H2,1H3,(H2,21,22). The van der Waals surface area contributed by atoms with E-state index in [1.165, 1.54) is 25.3 Å². The van der Waals surface area contributed by atoms with Crippen molar-refractivity contribution in [3.8, 4) is 0 Å². The van der Waals surface area contributed by atoms with Crippen molar-refractivity contribution < 1.29 is 22.7 Å². The van der Waals surface area contributed by atoms with E-state index in [-0.39, 0.29) is 5.56 Å². The van der Waals surface area contributed by atoms with Crippen molar-refractivity contribution in [2.75, 3.05) is 0 Å². The quantitative estimate of drug-likeness (QED) is 0.632. The number of carbonyl (C=O) groups excluding carboxylic acids is 1. The van der Waals surface area contributed by atoms with E-state index >= 15 is 0 Å². The molecule has 1 aromatic rings. The lowest BCUT2D eigenvalue weighted by atomic mass is 9.99. The first-order valence-electron chi connectivity index (χ1n) is 7.95. The molecular formula is C17H24F3NO2. The minimum Gasteiger partial charge on any atom is -0.445 e. The number of aryl methyl sites for hydroxylation is 1. The molecule has 0 aliphatic rings. The second kappa shape index (κ2) is 9.43. The van der Waals surface area contributed by atoms with Crippen LogP contribution in [0.2, 0.25) is 0 Å². The van der Waals surface area contributed by atoms with Crippen molar-refractivity contribution in [3.63, 3.8) is 0 Å². The van der Waals surface area contributed by atoms with Crippen molar-refractivity contribution in [3.05, 3.63) is 34.9 Å². The van der Waals surface area contributed by atoms with E-state index in [9.17, 15) is 18.0 Å². The summed E-state index contributed by atoms with van der Waals surface area (Å²) in [5.74, 6) is 0. The summed E-state index contributed by atoms with van der Waals surface area (Å²) >= 11 is 0. The fraction of sp³-hybridized carbons (Fsp3) is 0.588. The van der Waals surface area contributed by atoms with E-state index in [2.05, 4.69) is 11.7 Å². The van der Waals surface area contributed by atoms with Gasteiger partial charge in [0.15, 0.2) is 0 Å². The van der Waals surface area contributed by atoms with Crippen molar-refractivity contribution in [1.82, 2.24) is 0 Å². The molecule has 3 nitrogen and oxygen atoms in total. The Morgan fingerprint density at radius 1 is 1.13 bits per heavy atom. The van der Waals surface area contributed by atoms with E-state index in [0.717, 1.165) is 25.3 Å². The number of hydrogen-bond acceptors (Lipinski definition) is 2. The molecule has 2 N–H and O–H groups in total. The van der Waals surface area contributed by atoms with E-state index in [1.807, 2.05) is 0 Å². The van der Waals surface area contributed by atoms with Gasteiger partial charge in [-0.25, -0.2) is 4.79 Å². The van der Waals surface area contributed by atoms with Crippen molar-refractivity contribution in [2.24, 2.45) is 5.73 Å². The monoisotopic (exact) mass is 331 g/mol. The number of primary amides is 1. The Kier molecular flexibility index (Phi) is 7.92. The van der Waals surface area contributed by atoms with Gasteiger partial charge in [0.05, 0.1) is 5.56 Å². The molecule has 0 heterocycles. The van der Waals surface area contributed by atoms with Gasteiger partial charge in [0, 0.05) is 5.56 Å². The van der Waals surface area contributed by atoms with Crippen LogP contribution in [0.4, 0.5) is 18.0 Å². The maximum absolute atomic E-state index is 13.1. The summed E-state index contributed by atoms with van der Waals surface area (Å²) in [7, 11) is 0. The number of amides is 1. The molecule has 1 aromatic carbocycles. The average molecular weight is 331 g/mol. The van der Waals surface area contributed by atoms with Crippen LogP contribution in [0.5, 0.6) is 0 Å². The first kappa shape index (κ1) is 19.3. The van der Waals surface area contributed by atoms with Gasteiger partial charge in [-0.05, 0) is 24.5 Å². The Labute approximate surface area is 135 Å². The highest BCUT2D eigenvalue weighted by Crippen LogP contribution is 2.33. The second-order valence-electron chi connectivity index (χ2n) is 5.61. The minimum atomic E-state index is -4.48. The van der Waals surface area contributed by atoms with Crippen molar-refractivity contribution in [1.29, 1.82) is 0 Å². The lowest BCUT2D eigenvalue weighted by Gasteiger charge is -2.14. The number of carbonyl (C=O) groups is 1. The Hall–Kier alpha value is -1.72. The van der Waals surface area contributed by atoms with Crippen LogP contribution in [-0.2, 0) is 23.9 Å². The van der Waals surface area contributed by atoms with Crippen LogP contribution in [0.15, 0.2) is 18.2 Å². The number of benzene rings is 1. The zero-order valence-electron chi connectivity index (χ0n) is 13.4. The molecule has 0 aliphatic heterocycles. The summed E-state index contributed by atoms with van der Waals surface area (Å²) in [4.78, 5) is 10.6. The highest BCUT2D eigenvalue weighted by Gasteiger charge is 2.33. The molecule has 0 unspecified atom stereocenters. The Morgan fingerprint density at radius 2 is 1.78 bits per heavy atom. The van der Waals surface area contributed by atoms with Gasteiger partial charge >= 0.3 is 12.3 Å². The molecule has 0 aromatic heterocycles. The number of rotatable bonds is 9. The zero-order valence-corrected chi connectivity index (χ0v) is 13.4. The third-order valence-corrected chi connectivity index (χ3v) is 3.67. The number of nitrogens with two attached hydrogens (primary N) is 1. The van der Waals surface area contributed by atoms with Crippen LogP contribution in [0, 0.1) is 0 Å². The SMILES string of the molecule is CCCCCCCCc1ccc(COC(N)=O)c(C(F)(F)F)c1. The molecule has 1 rings (SSSR count). The number of alkyl halides is 3. The van der Waals surface area contributed by atoms with Crippen LogP contribution in [0.3, 0.4) is 0 Å². The topological polar surface area (TPSA) is 52.3 Å². The molecule has 0 saturated heterocycles. The average Bonchev–Trinajstić information content (AvgIpc) is 2.48. The van der Waals surface area contributed by atoms with Gasteiger partial charge in [-0.1, -0.05) is 51.2 Å². The first-order chi connectivity index (χ1) is 10.8. The number of halogens is 3. The van der Waals surface area contributed by atoms with E-state index < -0.39 is 24.4 Å². The molecule has 0 fully saturated rings. The smallest absolute Gasteiger partial charge is 0.416 e. The maximum atomic E-state index is 13.1. The van der Waals surface area contributed by atoms with Gasteiger partial charge in [-0.3, -0.25) is 0 Å². The summed E-state index contributed by atoms with van der Waals surface area (Å²) in [6.45, 7) is 1.67. The molecule has 0 atom stereocenters. The predicted octanol–water partition coefficient (Wildman–Crippen LogP) is 5.20. The second-order valence-corrected chi connectivity index (χ2v) is 5.61. The number of hydrogen-bond donors (Lipinski definition) is 1. The molecular weight excluding hydrogens is 307 g/mol. The fourth-order valence-electron chi connectivity index (χ4n) is 2.43. The van der Waals surface area contributed by atoms with Gasteiger partial charge < -0.3 is 10.5 Å². The minimum absolute atomic E-state index is 0.0806. The van der Waals surface area contributed by atoms with Gasteiger partial charge in [0.1, 0.15) is 6.61 Å². The number of ether oxygens (including phenoxy) is 1. The molecule has 1 amide bonds. The highest BCUT2D eigenvalue weighted by atomic mass is 19.4. The van der Waals surface area contributed by atoms with Crippen molar-refractivity contribution >= 4 is 6.09 Å². The third kappa shape index (κ3) is 7.39. The molecule has 0 aliphatic carbocycles. The summed E-state index contributed by atoms with van der Waals surface area (Å²) in [6, 6.07) is 4.16. The van der Waals surface area contributed by atoms with Gasteiger partial charge in [0.2, 0.25) is 0 Å². The zero-order chi connectivity index (χ0) is 17.3. The highest BCUT2D eigenvalue weighted by molar-refractivity contribution is 5.64. The fourth-order valence-corrected chi connectivity index (χ4v) is 2.43. The van der Waals surface area contributed by atoms with Crippen LogP contribution in [-0.4, -0.2) is 6.09 Å². The molecule has 130 valence electrons. The van der Waals surface area contributed by atoms with E-state index in [4.69, 9.17) is 5.73 Å². The van der Waals surface area contributed by atoms with E-state index in [1.54, 1.807) is 6.07 Å². The first-order valence-corrected chi connectivity index (χ1v) is 7.95. The Morgan fingerprint density at radius 3 is 2.39 bits per heavy atom. The van der Waals surface area contributed by atoms with Crippen LogP contribution in [0.1, 0.15) is 62.1 Å². The molecule has 0 spiro atoms. The molecule has 0 bridgehead atoms. The van der Waals surface area contributed by atoms with Crippen molar-refractivity contribution in [2.45, 2.75) is 64.7 Å². The van der Waals surface area contributed by atoms with Gasteiger partial charge in [0.25, 0.3) is 0 Å². The molecule has 23 heavy (non-hydrogen) atoms. The summed E-state index contributed by atoms with van der Waals surface area (Å²) in [6.07, 6.45) is 1.61. The maximum Gasteiger partial charge on any atom is 0.416 e. The van der Waals surface area contributed by atoms with Crippen LogP contribution in [0.25, 0.3) is 0 Å². The summed E-state index contributed by atoms with van der Waals surface area (Å²) in [5, 5.41) is 0. The Balaban J connectivity index is 2.66. The third-order valence-electron chi connectivity index (χ3n) is 3.67. The van der Waals surface area contributed by atoms with Gasteiger partial charge in [-0.15, -0.1) is 0 Å². The largest absolute Gasteiger partial charge is 0.445 e. The normalized spacial score (nSPS) is 11.5. The lowest BCUT2D eigenvalue weighted by Crippen LogP contribution is -2.16. The molecule has 6 heteroatoms. The number of unbranched alkanes of at least 4 members (excludes halogenated alkanes) is 5. The van der Waals surface area contributed by atoms with E-state index in [0.29, 0.717) is 12.0 Å². The molecule has 0 radical (unpaired) electrons. The lowest BCUT2D eigenvalue weighted by molar-refractivity contribution is -0.138. The van der Waals surface area contributed by atoms with Gasteiger partial charge in [-0.2, -0.15) is 13.2 Å². The Bertz CT molecular complexity index is 501. The van der Waals surface area contributed by atoms with Crippen LogP contribution < -0.4 is 5.73 Å². The molecule has 0 saturated carbocycles. The van der Waals surface area contributed by atoms with Crippen LogP contribution >= 0.6 is 0 Å². The summed E-state index contributed by atoms with van der Waals surface area (Å²) in [5.41, 5.74) is 4.61. The summed E-state index contributed by atoms with van der Waals surface area (Å²) < 4.78 is 43.8.